The number of nitrogens with zero attached hydrogens (tertiary/aromatic N) is 1. The van der Waals surface area contributed by atoms with Crippen LogP contribution in [0.15, 0.2) is 18.3 Å². The van der Waals surface area contributed by atoms with Crippen molar-refractivity contribution in [1.29, 1.82) is 0 Å². The number of rotatable bonds is 4. The van der Waals surface area contributed by atoms with E-state index in [1.54, 1.807) is 0 Å². The van der Waals surface area contributed by atoms with Gasteiger partial charge in [0.2, 0.25) is 0 Å². The first kappa shape index (κ1) is 10.9. The van der Waals surface area contributed by atoms with Gasteiger partial charge in [-0.3, -0.25) is 9.78 Å². The summed E-state index contributed by atoms with van der Waals surface area (Å²) in [5.74, 6) is 1.44. The summed E-state index contributed by atoms with van der Waals surface area (Å²) in [6.45, 7) is 0. The molecule has 2 aliphatic carbocycles. The van der Waals surface area contributed by atoms with Crippen LogP contribution < -0.4 is 0 Å². The van der Waals surface area contributed by atoms with Gasteiger partial charge in [0, 0.05) is 30.1 Å². The van der Waals surface area contributed by atoms with E-state index in [1.807, 2.05) is 12.3 Å². The van der Waals surface area contributed by atoms with E-state index >= 15 is 0 Å². The van der Waals surface area contributed by atoms with Gasteiger partial charge in [-0.1, -0.05) is 6.07 Å². The number of hydrogen-bond donors (Lipinski definition) is 0. The van der Waals surface area contributed by atoms with Crippen LogP contribution in [-0.2, 0) is 11.2 Å². The van der Waals surface area contributed by atoms with Gasteiger partial charge >= 0.3 is 0 Å². The summed E-state index contributed by atoms with van der Waals surface area (Å²) < 4.78 is 0. The lowest BCUT2D eigenvalue weighted by Crippen LogP contribution is -2.13. The number of aryl methyl sites for hydroxylation is 1. The molecule has 1 unspecified atom stereocenters. The second-order valence-corrected chi connectivity index (χ2v) is 5.42. The van der Waals surface area contributed by atoms with E-state index < -0.39 is 0 Å². The van der Waals surface area contributed by atoms with Gasteiger partial charge in [0.15, 0.2) is 0 Å². The van der Waals surface area contributed by atoms with Crippen LogP contribution in [-0.4, -0.2) is 10.8 Å². The predicted molar refractivity (Wildman–Crippen MR) is 66.9 cm³/mol. The monoisotopic (exact) mass is 229 g/mol. The van der Waals surface area contributed by atoms with Gasteiger partial charge in [0.05, 0.1) is 0 Å². The Balaban J connectivity index is 1.65. The zero-order chi connectivity index (χ0) is 11.7. The average molecular weight is 229 g/mol. The molecule has 2 nitrogen and oxygen atoms in total. The number of Topliss-reactive ketones (excluding diaryl/α,β-unsaturated/α-hetero) is 1. The minimum absolute atomic E-state index is 0.418. The van der Waals surface area contributed by atoms with Crippen LogP contribution in [0.4, 0.5) is 0 Å². The van der Waals surface area contributed by atoms with Crippen LogP contribution in [0.5, 0.6) is 0 Å². The Morgan fingerprint density at radius 3 is 3.06 bits per heavy atom. The molecule has 0 spiro atoms. The normalized spacial score (nSPS) is 23.2. The Labute approximate surface area is 102 Å². The number of hydrogen-bond acceptors (Lipinski definition) is 2. The van der Waals surface area contributed by atoms with Crippen molar-refractivity contribution in [2.75, 3.05) is 0 Å². The Kier molecular flexibility index (Phi) is 2.96. The number of aromatic nitrogens is 1. The molecule has 0 bridgehead atoms. The van der Waals surface area contributed by atoms with Gasteiger partial charge in [-0.05, 0) is 50.2 Å². The maximum atomic E-state index is 11.7. The standard InChI is InChI=1S/C15H19NO/c17-14(11-6-7-11)9-8-13-4-1-3-12-5-2-10-16-15(12)13/h2,5,10-11,13H,1,3-4,6-9H2. The Hall–Kier alpha value is -1.18. The Morgan fingerprint density at radius 1 is 1.35 bits per heavy atom. The quantitative estimate of drug-likeness (QED) is 0.793. The van der Waals surface area contributed by atoms with Gasteiger partial charge in [-0.2, -0.15) is 0 Å². The second kappa shape index (κ2) is 4.59. The molecule has 17 heavy (non-hydrogen) atoms. The average Bonchev–Trinajstić information content (AvgIpc) is 3.20. The lowest BCUT2D eigenvalue weighted by atomic mass is 9.83. The molecule has 90 valence electrons. The van der Waals surface area contributed by atoms with Crippen molar-refractivity contribution < 1.29 is 4.79 Å². The minimum atomic E-state index is 0.418. The predicted octanol–water partition coefficient (Wildman–Crippen LogP) is 3.26. The highest BCUT2D eigenvalue weighted by atomic mass is 16.1. The number of ketones is 1. The molecule has 0 N–H and O–H groups in total. The van der Waals surface area contributed by atoms with Crippen molar-refractivity contribution >= 4 is 5.78 Å². The molecule has 1 atom stereocenters. The Morgan fingerprint density at radius 2 is 2.24 bits per heavy atom. The summed E-state index contributed by atoms with van der Waals surface area (Å²) in [6, 6.07) is 4.22. The third-order valence-electron chi connectivity index (χ3n) is 4.08. The largest absolute Gasteiger partial charge is 0.299 e. The fraction of sp³-hybridized carbons (Fsp3) is 0.600. The SMILES string of the molecule is O=C(CCC1CCCc2cccnc21)C1CC1. The summed E-state index contributed by atoms with van der Waals surface area (Å²) in [4.78, 5) is 16.3. The Bertz CT molecular complexity index is 423. The van der Waals surface area contributed by atoms with E-state index in [9.17, 15) is 4.79 Å². The molecule has 0 radical (unpaired) electrons. The highest BCUT2D eigenvalue weighted by molar-refractivity contribution is 5.83. The highest BCUT2D eigenvalue weighted by Crippen LogP contribution is 2.36. The topological polar surface area (TPSA) is 30.0 Å². The lowest BCUT2D eigenvalue weighted by molar-refractivity contribution is -0.120. The summed E-state index contributed by atoms with van der Waals surface area (Å²) in [6.07, 6.45) is 9.57. The number of pyridine rings is 1. The molecule has 1 aromatic rings. The summed E-state index contributed by atoms with van der Waals surface area (Å²) in [7, 11) is 0. The molecule has 1 heterocycles. The molecule has 1 aromatic heterocycles. The van der Waals surface area contributed by atoms with E-state index in [2.05, 4.69) is 11.1 Å². The van der Waals surface area contributed by atoms with Gasteiger partial charge < -0.3 is 0 Å². The van der Waals surface area contributed by atoms with Crippen LogP contribution in [0.3, 0.4) is 0 Å². The molecule has 0 amide bonds. The van der Waals surface area contributed by atoms with Crippen LogP contribution in [0.25, 0.3) is 0 Å². The number of fused-ring (bicyclic) bond motifs is 1. The van der Waals surface area contributed by atoms with Crippen LogP contribution in [0.1, 0.15) is 55.7 Å². The lowest BCUT2D eigenvalue weighted by Gasteiger charge is -2.23. The van der Waals surface area contributed by atoms with Crippen molar-refractivity contribution in [2.24, 2.45) is 5.92 Å². The van der Waals surface area contributed by atoms with Gasteiger partial charge in [-0.15, -0.1) is 0 Å². The zero-order valence-corrected chi connectivity index (χ0v) is 10.2. The van der Waals surface area contributed by atoms with Crippen LogP contribution >= 0.6 is 0 Å². The number of carbonyl (C=O) groups is 1. The third kappa shape index (κ3) is 2.41. The molecule has 0 aromatic carbocycles. The molecule has 2 heteroatoms. The molecule has 1 fully saturated rings. The van der Waals surface area contributed by atoms with Gasteiger partial charge in [-0.25, -0.2) is 0 Å². The zero-order valence-electron chi connectivity index (χ0n) is 10.2. The van der Waals surface area contributed by atoms with Crippen LogP contribution in [0.2, 0.25) is 0 Å². The summed E-state index contributed by atoms with van der Waals surface area (Å²) in [5, 5.41) is 0. The van der Waals surface area contributed by atoms with E-state index in [0.717, 1.165) is 32.1 Å². The van der Waals surface area contributed by atoms with E-state index in [0.29, 0.717) is 17.6 Å². The van der Waals surface area contributed by atoms with E-state index in [1.165, 1.54) is 24.1 Å². The molecule has 2 aliphatic rings. The third-order valence-corrected chi connectivity index (χ3v) is 4.08. The highest BCUT2D eigenvalue weighted by Gasteiger charge is 2.30. The fourth-order valence-electron chi connectivity index (χ4n) is 2.91. The molecule has 0 saturated heterocycles. The molecule has 3 rings (SSSR count). The smallest absolute Gasteiger partial charge is 0.135 e. The second-order valence-electron chi connectivity index (χ2n) is 5.42. The molecular weight excluding hydrogens is 210 g/mol. The molecule has 0 aliphatic heterocycles. The maximum Gasteiger partial charge on any atom is 0.135 e. The maximum absolute atomic E-state index is 11.7. The van der Waals surface area contributed by atoms with Crippen molar-refractivity contribution in [1.82, 2.24) is 4.98 Å². The van der Waals surface area contributed by atoms with Gasteiger partial charge in [0.1, 0.15) is 5.78 Å². The first-order chi connectivity index (χ1) is 8.34. The van der Waals surface area contributed by atoms with Crippen molar-refractivity contribution in [2.45, 2.75) is 50.9 Å². The van der Waals surface area contributed by atoms with Crippen LogP contribution in [0, 0.1) is 5.92 Å². The van der Waals surface area contributed by atoms with Crippen molar-refractivity contribution in [3.8, 4) is 0 Å². The van der Waals surface area contributed by atoms with Crippen molar-refractivity contribution in [3.63, 3.8) is 0 Å². The number of carbonyl (C=O) groups excluding carboxylic acids is 1. The first-order valence-electron chi connectivity index (χ1n) is 6.81. The van der Waals surface area contributed by atoms with Crippen molar-refractivity contribution in [3.05, 3.63) is 29.6 Å². The minimum Gasteiger partial charge on any atom is -0.299 e. The molecule has 1 saturated carbocycles. The first-order valence-corrected chi connectivity index (χ1v) is 6.81. The van der Waals surface area contributed by atoms with E-state index in [4.69, 9.17) is 0 Å². The fourth-order valence-corrected chi connectivity index (χ4v) is 2.91. The molecular formula is C15H19NO. The summed E-state index contributed by atoms with van der Waals surface area (Å²) >= 11 is 0. The van der Waals surface area contributed by atoms with E-state index in [-0.39, 0.29) is 0 Å². The summed E-state index contributed by atoms with van der Waals surface area (Å²) in [5.41, 5.74) is 2.67. The van der Waals surface area contributed by atoms with Gasteiger partial charge in [0.25, 0.3) is 0 Å².